The number of carbonyl (C=O) groups is 17. The van der Waals surface area contributed by atoms with Crippen LogP contribution in [0.4, 0.5) is 0 Å². The molecule has 26 N–H and O–H groups in total. The maximum absolute atomic E-state index is 13.8. The Morgan fingerprint density at radius 2 is 0.819 bits per heavy atom. The van der Waals surface area contributed by atoms with E-state index in [2.05, 4.69) is 84.7 Å². The minimum Gasteiger partial charge on any atom is -0.480 e. The van der Waals surface area contributed by atoms with Crippen LogP contribution in [0, 0.1) is 23.7 Å². The van der Waals surface area contributed by atoms with Gasteiger partial charge in [-0.25, -0.2) is 4.79 Å². The zero-order valence-electron chi connectivity index (χ0n) is 66.5. The summed E-state index contributed by atoms with van der Waals surface area (Å²) < 4.78 is 0. The first kappa shape index (κ1) is 98.7. The fourth-order valence-corrected chi connectivity index (χ4v) is 11.5. The molecule has 0 radical (unpaired) electrons. The maximum Gasteiger partial charge on any atom is 0.326 e. The molecule has 2 aromatic rings. The molecule has 1 heterocycles. The monoisotopic (exact) mass is 1640 g/mol. The van der Waals surface area contributed by atoms with Crippen molar-refractivity contribution in [3.63, 3.8) is 0 Å². The number of nitrogens with two attached hydrogens (primary N) is 3. The number of nitrogens with zero attached hydrogens (tertiary/aromatic N) is 2. The summed E-state index contributed by atoms with van der Waals surface area (Å²) in [5, 5.41) is 85.8. The van der Waals surface area contributed by atoms with Gasteiger partial charge in [0.2, 0.25) is 94.5 Å². The lowest BCUT2D eigenvalue weighted by molar-refractivity contribution is -0.142. The third kappa shape index (κ3) is 34.7. The number of aliphatic imine (C=N–C) groups is 1. The number of aliphatic carboxylic acids is 1. The number of hydrogen-bond acceptors (Lipinski definition) is 23. The van der Waals surface area contributed by atoms with E-state index in [0.29, 0.717) is 30.4 Å². The van der Waals surface area contributed by atoms with Gasteiger partial charge in [-0.1, -0.05) is 129 Å². The number of carboxylic acids is 1. The lowest BCUT2D eigenvalue weighted by Crippen LogP contribution is -2.61. The van der Waals surface area contributed by atoms with Gasteiger partial charge < -0.3 is 127 Å². The van der Waals surface area contributed by atoms with Crippen molar-refractivity contribution in [1.29, 1.82) is 0 Å². The van der Waals surface area contributed by atoms with Crippen molar-refractivity contribution in [2.75, 3.05) is 72.2 Å². The van der Waals surface area contributed by atoms with Gasteiger partial charge in [-0.15, -0.1) is 0 Å². The Morgan fingerprint density at radius 3 is 1.27 bits per heavy atom. The van der Waals surface area contributed by atoms with Gasteiger partial charge >= 0.3 is 5.97 Å². The SMILES string of the molecule is CC[C@H](C)[C@H](NC(=O)CNC(=O)[C@H](Cc1ccccc1)NC(=O)CNC(=O)CNC(=O)[C@H](CO)NC(=O)[C@H](CO)NC(=O)[C@@H](NC(=O)[C@@H]1CCCN1C(=O)[C@@H](N)C(C)C)[C@@H](C)CC)C(=O)N[C@@H](CO)C(=O)NCC(=O)N[C@@H](CC(C)C)C(=O)NCC(=O)N[C@@H](CO)C(=O)N[C@@H](CCCN=C(N)N)C(=O)N[C@@H](Cc1ccccc1)C(=O)O. The number of aliphatic hydroxyl groups excluding tert-OH is 4. The van der Waals surface area contributed by atoms with E-state index in [1.54, 1.807) is 116 Å². The zero-order valence-corrected chi connectivity index (χ0v) is 66.5. The van der Waals surface area contributed by atoms with Crippen molar-refractivity contribution in [3.05, 3.63) is 71.8 Å². The summed E-state index contributed by atoms with van der Waals surface area (Å²) in [7, 11) is 0. The van der Waals surface area contributed by atoms with Crippen LogP contribution in [0.2, 0.25) is 0 Å². The van der Waals surface area contributed by atoms with Crippen LogP contribution in [0.3, 0.4) is 0 Å². The number of rotatable bonds is 51. The fraction of sp³-hybridized carbons (Fsp3) is 0.595. The molecule has 1 saturated heterocycles. The summed E-state index contributed by atoms with van der Waals surface area (Å²) in [6, 6.07) is -0.282. The lowest BCUT2D eigenvalue weighted by atomic mass is 9.97. The van der Waals surface area contributed by atoms with Crippen molar-refractivity contribution in [3.8, 4) is 0 Å². The van der Waals surface area contributed by atoms with E-state index in [-0.39, 0.29) is 69.4 Å². The molecule has 644 valence electrons. The highest BCUT2D eigenvalue weighted by atomic mass is 16.4. The van der Waals surface area contributed by atoms with Crippen LogP contribution in [-0.2, 0) is 94.3 Å². The van der Waals surface area contributed by atoms with Crippen molar-refractivity contribution >= 4 is 106 Å². The number of aliphatic hydroxyl groups is 4. The fourth-order valence-electron chi connectivity index (χ4n) is 11.5. The molecule has 1 aliphatic heterocycles. The number of likely N-dealkylation sites (tertiary alicyclic amines) is 1. The molecule has 14 atom stereocenters. The van der Waals surface area contributed by atoms with Crippen molar-refractivity contribution in [2.45, 2.75) is 186 Å². The van der Waals surface area contributed by atoms with Gasteiger partial charge in [-0.2, -0.15) is 0 Å². The van der Waals surface area contributed by atoms with Gasteiger partial charge in [0, 0.05) is 25.9 Å². The van der Waals surface area contributed by atoms with Gasteiger partial charge in [0.1, 0.15) is 66.5 Å². The third-order valence-electron chi connectivity index (χ3n) is 18.6. The maximum atomic E-state index is 13.8. The van der Waals surface area contributed by atoms with E-state index >= 15 is 0 Å². The van der Waals surface area contributed by atoms with Crippen molar-refractivity contribution in [1.82, 2.24) is 84.7 Å². The van der Waals surface area contributed by atoms with Gasteiger partial charge in [-0.05, 0) is 66.9 Å². The molecule has 0 aromatic heterocycles. The summed E-state index contributed by atoms with van der Waals surface area (Å²) in [4.78, 5) is 232. The van der Waals surface area contributed by atoms with Crippen molar-refractivity contribution < 1.29 is 107 Å². The summed E-state index contributed by atoms with van der Waals surface area (Å²) in [6.45, 7) is 5.79. The van der Waals surface area contributed by atoms with E-state index < -0.39 is 244 Å². The molecule has 1 fully saturated rings. The second-order valence-corrected chi connectivity index (χ2v) is 28.6. The second kappa shape index (κ2) is 51.4. The average molecular weight is 1640 g/mol. The highest BCUT2D eigenvalue weighted by molar-refractivity contribution is 6.00. The molecule has 0 saturated carbocycles. The average Bonchev–Trinajstić information content (AvgIpc) is 1.63. The summed E-state index contributed by atoms with van der Waals surface area (Å²) in [5.74, 6) is -18.1. The van der Waals surface area contributed by atoms with Crippen LogP contribution in [0.15, 0.2) is 65.7 Å². The number of nitrogens with one attached hydrogen (secondary N) is 15. The topological polar surface area (TPSA) is 665 Å². The minimum atomic E-state index is -1.75. The molecule has 0 spiro atoms. The number of carboxylic acid groups (broad SMARTS) is 1. The third-order valence-corrected chi connectivity index (χ3v) is 18.6. The van der Waals surface area contributed by atoms with Gasteiger partial charge in [0.15, 0.2) is 5.96 Å². The largest absolute Gasteiger partial charge is 0.480 e. The predicted molar refractivity (Wildman–Crippen MR) is 416 cm³/mol. The smallest absolute Gasteiger partial charge is 0.326 e. The Morgan fingerprint density at radius 1 is 0.448 bits per heavy atom. The standard InChI is InChI=1S/C74H116N20O22/c1-9-41(7)60(70(112)90-50(36-96)65(107)83-32-56(101)84-46(27-39(3)4)62(104)81-33-57(102)86-51(37-97)67(109)87-45(23-17-25-78-74(76)77)66(108)88-48(73(115)116)29-44-21-15-12-16-22-44)92-58(103)34-82-63(105)47(28-43-19-13-11-14-20-43)85-55(100)31-79-54(99)30-80-64(106)49(35-95)89-68(110)52(38-98)91-71(113)61(42(8)10-2)93-69(111)53-24-18-26-94(53)72(114)59(75)40(5)6/h11-16,19-22,39-42,45-53,59-61,95-98H,9-10,17-18,23-38,75H2,1-8H3,(H,79,99)(H,80,106)(H,81,104)(H,82,105)(H,83,107)(H,84,101)(H,85,100)(H,86,102)(H,87,109)(H,88,108)(H,89,110)(H,90,112)(H,91,113)(H,92,103)(H,93,111)(H,115,116)(H4,76,77,78)/t41-,42-,45-,46-,47-,48-,49-,50-,51-,52-,53-,59-,60-,61-/m0/s1. The quantitative estimate of drug-likeness (QED) is 0.0166. The highest BCUT2D eigenvalue weighted by Gasteiger charge is 2.41. The van der Waals surface area contributed by atoms with Crippen LogP contribution in [0.25, 0.3) is 0 Å². The van der Waals surface area contributed by atoms with Crippen LogP contribution in [-0.4, -0.2) is 282 Å². The number of hydrogen-bond donors (Lipinski definition) is 23. The Labute approximate surface area is 671 Å². The first-order valence-electron chi connectivity index (χ1n) is 38.1. The molecule has 3 rings (SSSR count). The Kier molecular flexibility index (Phi) is 43.7. The first-order valence-corrected chi connectivity index (χ1v) is 38.1. The molecule has 0 aliphatic carbocycles. The summed E-state index contributed by atoms with van der Waals surface area (Å²) in [6.07, 6.45) is 1.15. The Bertz CT molecular complexity index is 3690. The minimum absolute atomic E-state index is 0.0128. The number of benzene rings is 2. The second-order valence-electron chi connectivity index (χ2n) is 28.6. The lowest BCUT2D eigenvalue weighted by Gasteiger charge is -2.31. The normalized spacial score (nSPS) is 15.7. The van der Waals surface area contributed by atoms with Crippen LogP contribution in [0.1, 0.15) is 111 Å². The Balaban J connectivity index is 1.56. The van der Waals surface area contributed by atoms with E-state index in [4.69, 9.17) is 17.2 Å². The van der Waals surface area contributed by atoms with Gasteiger partial charge in [0.25, 0.3) is 0 Å². The number of guanidine groups is 1. The molecular weight excluding hydrogens is 1520 g/mol. The number of carbonyl (C=O) groups excluding carboxylic acids is 16. The van der Waals surface area contributed by atoms with E-state index in [1.807, 2.05) is 0 Å². The molecule has 116 heavy (non-hydrogen) atoms. The van der Waals surface area contributed by atoms with Crippen LogP contribution in [0.5, 0.6) is 0 Å². The molecule has 0 unspecified atom stereocenters. The van der Waals surface area contributed by atoms with E-state index in [0.717, 1.165) is 0 Å². The summed E-state index contributed by atoms with van der Waals surface area (Å²) in [5.41, 5.74) is 18.0. The molecule has 1 aliphatic rings. The highest BCUT2D eigenvalue weighted by Crippen LogP contribution is 2.21. The molecular formula is C74H116N20O22. The van der Waals surface area contributed by atoms with E-state index in [1.165, 1.54) is 4.90 Å². The molecule has 42 nitrogen and oxygen atoms in total. The molecule has 42 heteroatoms. The van der Waals surface area contributed by atoms with Crippen LogP contribution < -0.4 is 97.0 Å². The summed E-state index contributed by atoms with van der Waals surface area (Å²) >= 11 is 0. The zero-order chi connectivity index (χ0) is 86.9. The molecule has 0 bridgehead atoms. The van der Waals surface area contributed by atoms with E-state index in [9.17, 15) is 107 Å². The predicted octanol–water partition coefficient (Wildman–Crippen LogP) is -8.88. The first-order chi connectivity index (χ1) is 54.9. The van der Waals surface area contributed by atoms with Crippen molar-refractivity contribution in [2.24, 2.45) is 45.9 Å². The van der Waals surface area contributed by atoms with Crippen LogP contribution >= 0.6 is 0 Å². The molecule has 16 amide bonds. The number of amides is 16. The molecule has 2 aromatic carbocycles. The van der Waals surface area contributed by atoms with Gasteiger partial charge in [0.05, 0.1) is 65.2 Å². The Hall–Kier alpha value is -11.5. The van der Waals surface area contributed by atoms with Gasteiger partial charge in [-0.3, -0.25) is 81.7 Å².